The fourth-order valence-corrected chi connectivity index (χ4v) is 10.8. The molecule has 4 rings (SSSR count). The third-order valence-corrected chi connectivity index (χ3v) is 13.7. The van der Waals surface area contributed by atoms with Crippen molar-refractivity contribution in [1.82, 2.24) is 0 Å². The molecule has 2 aromatic rings. The molecule has 0 unspecified atom stereocenters. The SMILES string of the molecule is CCCCCCc1ccc(C(c2ccc(CCCCCC)cc2CCCCCC)(C2CCC(OC(N)=O)CC2)C2CCC(OC(N)=O)CC2)c(CCCCCC)c1. The van der Waals surface area contributed by atoms with Crippen LogP contribution in [0.4, 0.5) is 9.59 Å². The third kappa shape index (κ3) is 14.1. The smallest absolute Gasteiger partial charge is 0.404 e. The first-order valence-electron chi connectivity index (χ1n) is 23.9. The number of hydrogen-bond donors (Lipinski definition) is 2. The molecular formula is C51H82N2O4. The Labute approximate surface area is 348 Å². The second kappa shape index (κ2) is 25.5. The lowest BCUT2D eigenvalue weighted by Crippen LogP contribution is -2.49. The summed E-state index contributed by atoms with van der Waals surface area (Å²) < 4.78 is 11.4. The quantitative estimate of drug-likeness (QED) is 0.0926. The maximum absolute atomic E-state index is 12.0. The monoisotopic (exact) mass is 787 g/mol. The Balaban J connectivity index is 1.95. The summed E-state index contributed by atoms with van der Waals surface area (Å²) in [7, 11) is 0. The molecule has 0 spiro atoms. The summed E-state index contributed by atoms with van der Waals surface area (Å²) in [4.78, 5) is 23.9. The van der Waals surface area contributed by atoms with Crippen molar-refractivity contribution in [3.63, 3.8) is 0 Å². The molecule has 320 valence electrons. The van der Waals surface area contributed by atoms with Gasteiger partial charge in [-0.2, -0.15) is 0 Å². The molecule has 0 radical (unpaired) electrons. The summed E-state index contributed by atoms with van der Waals surface area (Å²) in [5.74, 6) is 0.747. The van der Waals surface area contributed by atoms with E-state index in [0.29, 0.717) is 11.8 Å². The largest absolute Gasteiger partial charge is 0.446 e. The normalized spacial score (nSPS) is 20.0. The molecule has 4 N–H and O–H groups in total. The van der Waals surface area contributed by atoms with Gasteiger partial charge in [0.25, 0.3) is 0 Å². The van der Waals surface area contributed by atoms with Crippen LogP contribution in [-0.4, -0.2) is 24.4 Å². The van der Waals surface area contributed by atoms with E-state index in [0.717, 1.165) is 77.0 Å². The van der Waals surface area contributed by atoms with Crippen LogP contribution in [0.2, 0.25) is 0 Å². The lowest BCUT2D eigenvalue weighted by atomic mass is 9.51. The minimum Gasteiger partial charge on any atom is -0.446 e. The zero-order valence-corrected chi connectivity index (χ0v) is 36.9. The molecule has 2 aliphatic carbocycles. The van der Waals surface area contributed by atoms with Crippen molar-refractivity contribution in [3.8, 4) is 0 Å². The van der Waals surface area contributed by atoms with Crippen LogP contribution in [0, 0.1) is 11.8 Å². The molecule has 0 aromatic heterocycles. The fraction of sp³-hybridized carbons (Fsp3) is 0.725. The van der Waals surface area contributed by atoms with Crippen LogP contribution < -0.4 is 11.5 Å². The average molecular weight is 787 g/mol. The number of ether oxygens (including phenoxy) is 2. The van der Waals surface area contributed by atoms with Gasteiger partial charge in [0.2, 0.25) is 0 Å². The Hall–Kier alpha value is -3.02. The lowest BCUT2D eigenvalue weighted by molar-refractivity contribution is 0.0274. The molecule has 0 heterocycles. The molecular weight excluding hydrogens is 705 g/mol. The molecule has 0 bridgehead atoms. The van der Waals surface area contributed by atoms with Crippen LogP contribution in [0.3, 0.4) is 0 Å². The Morgan fingerprint density at radius 2 is 0.825 bits per heavy atom. The number of amides is 2. The highest BCUT2D eigenvalue weighted by atomic mass is 16.6. The summed E-state index contributed by atoms with van der Waals surface area (Å²) in [5.41, 5.74) is 20.1. The number of unbranched alkanes of at least 4 members (excludes halogenated alkanes) is 12. The van der Waals surface area contributed by atoms with Crippen LogP contribution in [0.15, 0.2) is 36.4 Å². The van der Waals surface area contributed by atoms with Crippen molar-refractivity contribution in [2.75, 3.05) is 0 Å². The van der Waals surface area contributed by atoms with Crippen molar-refractivity contribution in [2.24, 2.45) is 23.3 Å². The summed E-state index contributed by atoms with van der Waals surface area (Å²) in [5, 5.41) is 0. The number of benzene rings is 2. The van der Waals surface area contributed by atoms with E-state index in [1.54, 1.807) is 22.3 Å². The molecule has 2 amide bonds. The van der Waals surface area contributed by atoms with Gasteiger partial charge in [-0.05, 0) is 148 Å². The zero-order valence-electron chi connectivity index (χ0n) is 36.9. The number of primary amides is 2. The average Bonchev–Trinajstić information content (AvgIpc) is 3.20. The molecule has 2 saturated carbocycles. The van der Waals surface area contributed by atoms with E-state index in [-0.39, 0.29) is 17.6 Å². The molecule has 6 heteroatoms. The first-order valence-corrected chi connectivity index (χ1v) is 23.9. The van der Waals surface area contributed by atoms with Gasteiger partial charge in [0.1, 0.15) is 12.2 Å². The van der Waals surface area contributed by atoms with Crippen molar-refractivity contribution in [2.45, 2.75) is 225 Å². The number of carbonyl (C=O) groups excluding carboxylic acids is 2. The fourth-order valence-electron chi connectivity index (χ4n) is 10.8. The van der Waals surface area contributed by atoms with E-state index in [2.05, 4.69) is 64.1 Å². The number of aryl methyl sites for hydroxylation is 4. The van der Waals surface area contributed by atoms with Gasteiger partial charge in [0.05, 0.1) is 0 Å². The number of rotatable bonds is 26. The molecule has 0 saturated heterocycles. The lowest BCUT2D eigenvalue weighted by Gasteiger charge is -2.53. The summed E-state index contributed by atoms with van der Waals surface area (Å²) in [6.07, 6.45) is 30.2. The Kier molecular flexibility index (Phi) is 20.8. The van der Waals surface area contributed by atoms with E-state index in [1.807, 2.05) is 0 Å². The van der Waals surface area contributed by atoms with Crippen molar-refractivity contribution in [1.29, 1.82) is 0 Å². The molecule has 2 fully saturated rings. The third-order valence-electron chi connectivity index (χ3n) is 13.7. The van der Waals surface area contributed by atoms with Crippen LogP contribution in [0.1, 0.15) is 215 Å². The maximum Gasteiger partial charge on any atom is 0.404 e. The van der Waals surface area contributed by atoms with Crippen molar-refractivity contribution < 1.29 is 19.1 Å². The molecule has 2 aliphatic rings. The summed E-state index contributed by atoms with van der Waals surface area (Å²) in [6, 6.07) is 15.4. The van der Waals surface area contributed by atoms with Crippen LogP contribution in [0.5, 0.6) is 0 Å². The van der Waals surface area contributed by atoms with Gasteiger partial charge in [-0.25, -0.2) is 9.59 Å². The highest BCUT2D eigenvalue weighted by Crippen LogP contribution is 2.57. The van der Waals surface area contributed by atoms with E-state index in [1.165, 1.54) is 114 Å². The van der Waals surface area contributed by atoms with E-state index < -0.39 is 12.2 Å². The van der Waals surface area contributed by atoms with E-state index >= 15 is 0 Å². The minimum atomic E-state index is -0.662. The second-order valence-corrected chi connectivity index (χ2v) is 17.9. The Bertz CT molecular complexity index is 1350. The van der Waals surface area contributed by atoms with Gasteiger partial charge < -0.3 is 20.9 Å². The van der Waals surface area contributed by atoms with Gasteiger partial charge in [-0.1, -0.05) is 141 Å². The molecule has 0 aliphatic heterocycles. The van der Waals surface area contributed by atoms with Gasteiger partial charge >= 0.3 is 12.2 Å². The standard InChI is InChI=1S/C51H82N2O4/c1-5-9-13-17-21-39-25-35-47(41(37-39)23-19-15-11-7-3)51(43-27-31-45(32-28-43)56-49(52)54,44-29-33-46(34-30-44)57-50(53)55)48-36-26-40(22-18-14-10-6-2)38-42(48)24-20-16-12-8-4/h25-26,35-38,43-46H,5-24,27-34H2,1-4H3,(H2,52,54)(H2,53,55). The van der Waals surface area contributed by atoms with E-state index in [9.17, 15) is 9.59 Å². The first-order chi connectivity index (χ1) is 27.8. The van der Waals surface area contributed by atoms with Crippen molar-refractivity contribution >= 4 is 12.2 Å². The minimum absolute atomic E-state index is 0.130. The van der Waals surface area contributed by atoms with Crippen molar-refractivity contribution in [3.05, 3.63) is 69.8 Å². The van der Waals surface area contributed by atoms with Crippen LogP contribution in [0.25, 0.3) is 0 Å². The number of hydrogen-bond acceptors (Lipinski definition) is 4. The topological polar surface area (TPSA) is 105 Å². The predicted octanol–water partition coefficient (Wildman–Crippen LogP) is 13.8. The van der Waals surface area contributed by atoms with Crippen LogP contribution in [-0.2, 0) is 40.6 Å². The molecule has 2 aromatic carbocycles. The predicted molar refractivity (Wildman–Crippen MR) is 238 cm³/mol. The summed E-state index contributed by atoms with van der Waals surface area (Å²) in [6.45, 7) is 9.20. The number of nitrogens with two attached hydrogens (primary N) is 2. The van der Waals surface area contributed by atoms with E-state index in [4.69, 9.17) is 20.9 Å². The van der Waals surface area contributed by atoms with Gasteiger partial charge in [0.15, 0.2) is 0 Å². The molecule has 57 heavy (non-hydrogen) atoms. The Morgan fingerprint density at radius 1 is 0.491 bits per heavy atom. The second-order valence-electron chi connectivity index (χ2n) is 17.9. The zero-order chi connectivity index (χ0) is 40.9. The number of carbonyl (C=O) groups is 2. The Morgan fingerprint density at radius 3 is 1.14 bits per heavy atom. The van der Waals surface area contributed by atoms with Crippen LogP contribution >= 0.6 is 0 Å². The van der Waals surface area contributed by atoms with Gasteiger partial charge in [-0.3, -0.25) is 0 Å². The summed E-state index contributed by atoms with van der Waals surface area (Å²) >= 11 is 0. The molecule has 6 nitrogen and oxygen atoms in total. The highest BCUT2D eigenvalue weighted by molar-refractivity contribution is 5.65. The highest BCUT2D eigenvalue weighted by Gasteiger charge is 2.51. The molecule has 0 atom stereocenters. The van der Waals surface area contributed by atoms with Gasteiger partial charge in [0, 0.05) is 5.41 Å². The maximum atomic E-state index is 12.0. The first kappa shape index (κ1) is 46.7. The van der Waals surface area contributed by atoms with Gasteiger partial charge in [-0.15, -0.1) is 0 Å².